The highest BCUT2D eigenvalue weighted by molar-refractivity contribution is 5.80. The van der Waals surface area contributed by atoms with Gasteiger partial charge in [-0.15, -0.1) is 0 Å². The summed E-state index contributed by atoms with van der Waals surface area (Å²) in [7, 11) is 5.14. The number of ether oxygens (including phenoxy) is 2. The molecule has 7 heteroatoms. The van der Waals surface area contributed by atoms with Crippen LogP contribution in [0.2, 0.25) is 0 Å². The monoisotopic (exact) mass is 372 g/mol. The van der Waals surface area contributed by atoms with E-state index in [1.807, 2.05) is 44.6 Å². The van der Waals surface area contributed by atoms with Gasteiger partial charge in [-0.2, -0.15) is 5.10 Å². The Morgan fingerprint density at radius 2 is 2.11 bits per heavy atom. The zero-order valence-electron chi connectivity index (χ0n) is 16.4. The molecule has 27 heavy (non-hydrogen) atoms. The highest BCUT2D eigenvalue weighted by atomic mass is 16.5. The summed E-state index contributed by atoms with van der Waals surface area (Å²) in [6.45, 7) is 3.51. The summed E-state index contributed by atoms with van der Waals surface area (Å²) in [5.74, 6) is 1.57. The summed E-state index contributed by atoms with van der Waals surface area (Å²) >= 11 is 0. The van der Waals surface area contributed by atoms with Gasteiger partial charge >= 0.3 is 0 Å². The van der Waals surface area contributed by atoms with E-state index in [9.17, 15) is 4.79 Å². The molecule has 0 spiro atoms. The van der Waals surface area contributed by atoms with Crippen molar-refractivity contribution in [3.63, 3.8) is 0 Å². The van der Waals surface area contributed by atoms with E-state index >= 15 is 0 Å². The number of aryl methyl sites for hydroxylation is 1. The molecule has 1 unspecified atom stereocenters. The SMILES string of the molecule is COc1ccc(CC(C)NC(=O)[C@H]2CNC[C@@H]2c2cnn(C)c2)cc1OC. The number of rotatable bonds is 7. The Hall–Kier alpha value is -2.54. The molecule has 3 rings (SSSR count). The number of carbonyl (C=O) groups is 1. The van der Waals surface area contributed by atoms with Gasteiger partial charge in [-0.05, 0) is 36.6 Å². The third kappa shape index (κ3) is 4.42. The van der Waals surface area contributed by atoms with Gasteiger partial charge in [0.2, 0.25) is 5.91 Å². The third-order valence-corrected chi connectivity index (χ3v) is 5.08. The molecule has 0 aliphatic carbocycles. The minimum absolute atomic E-state index is 0.0192. The van der Waals surface area contributed by atoms with Crippen molar-refractivity contribution < 1.29 is 14.3 Å². The molecule has 1 saturated heterocycles. The van der Waals surface area contributed by atoms with Crippen molar-refractivity contribution in [2.24, 2.45) is 13.0 Å². The van der Waals surface area contributed by atoms with Crippen LogP contribution in [0.25, 0.3) is 0 Å². The van der Waals surface area contributed by atoms with Crippen LogP contribution in [0.3, 0.4) is 0 Å². The first-order chi connectivity index (χ1) is 13.0. The molecule has 3 atom stereocenters. The number of nitrogens with zero attached hydrogens (tertiary/aromatic N) is 2. The van der Waals surface area contributed by atoms with Crippen LogP contribution in [0.15, 0.2) is 30.6 Å². The number of carbonyl (C=O) groups excluding carboxylic acids is 1. The summed E-state index contributed by atoms with van der Waals surface area (Å²) in [5, 5.41) is 10.7. The molecule has 1 aliphatic rings. The number of benzene rings is 1. The highest BCUT2D eigenvalue weighted by Gasteiger charge is 2.35. The van der Waals surface area contributed by atoms with Crippen LogP contribution < -0.4 is 20.1 Å². The van der Waals surface area contributed by atoms with Gasteiger partial charge in [0.15, 0.2) is 11.5 Å². The molecule has 2 N–H and O–H groups in total. The predicted octanol–water partition coefficient (Wildman–Crippen LogP) is 1.49. The first kappa shape index (κ1) is 19.2. The van der Waals surface area contributed by atoms with Gasteiger partial charge in [-0.1, -0.05) is 6.07 Å². The van der Waals surface area contributed by atoms with Crippen molar-refractivity contribution in [3.8, 4) is 11.5 Å². The van der Waals surface area contributed by atoms with E-state index < -0.39 is 0 Å². The van der Waals surface area contributed by atoms with Crippen molar-refractivity contribution in [2.45, 2.75) is 25.3 Å². The number of methoxy groups -OCH3 is 2. The first-order valence-electron chi connectivity index (χ1n) is 9.22. The first-order valence-corrected chi connectivity index (χ1v) is 9.22. The standard InChI is InChI=1S/C20H28N4O3/c1-13(7-14-5-6-18(26-3)19(8-14)27-4)23-20(25)17-11-21-10-16(17)15-9-22-24(2)12-15/h5-6,8-9,12-13,16-17,21H,7,10-11H2,1-4H3,(H,23,25)/t13?,16-,17+/m1/s1. The van der Waals surface area contributed by atoms with E-state index in [1.165, 1.54) is 0 Å². The molecule has 2 aromatic rings. The Labute approximate surface area is 160 Å². The van der Waals surface area contributed by atoms with E-state index in [-0.39, 0.29) is 23.8 Å². The molecule has 146 valence electrons. The van der Waals surface area contributed by atoms with Crippen LogP contribution in [0.4, 0.5) is 0 Å². The van der Waals surface area contributed by atoms with Crippen LogP contribution in [-0.4, -0.2) is 49.0 Å². The number of aromatic nitrogens is 2. The number of hydrogen-bond acceptors (Lipinski definition) is 5. The number of amides is 1. The van der Waals surface area contributed by atoms with Gasteiger partial charge in [0, 0.05) is 38.3 Å². The molecule has 1 aromatic carbocycles. The van der Waals surface area contributed by atoms with E-state index in [4.69, 9.17) is 9.47 Å². The molecule has 1 amide bonds. The van der Waals surface area contributed by atoms with Gasteiger partial charge in [-0.25, -0.2) is 0 Å². The topological polar surface area (TPSA) is 77.4 Å². The molecule has 2 heterocycles. The van der Waals surface area contributed by atoms with E-state index in [0.29, 0.717) is 18.0 Å². The highest BCUT2D eigenvalue weighted by Crippen LogP contribution is 2.29. The molecular weight excluding hydrogens is 344 g/mol. The Morgan fingerprint density at radius 3 is 2.78 bits per heavy atom. The molecule has 1 aliphatic heterocycles. The second kappa shape index (κ2) is 8.43. The van der Waals surface area contributed by atoms with Crippen molar-refractivity contribution in [3.05, 3.63) is 41.7 Å². The largest absolute Gasteiger partial charge is 0.493 e. The molecule has 7 nitrogen and oxygen atoms in total. The summed E-state index contributed by atoms with van der Waals surface area (Å²) in [6, 6.07) is 5.87. The van der Waals surface area contributed by atoms with Gasteiger partial charge in [-0.3, -0.25) is 9.48 Å². The summed E-state index contributed by atoms with van der Waals surface area (Å²) in [4.78, 5) is 12.8. The summed E-state index contributed by atoms with van der Waals surface area (Å²) < 4.78 is 12.4. The second-order valence-electron chi connectivity index (χ2n) is 7.12. The van der Waals surface area contributed by atoms with E-state index in [0.717, 1.165) is 24.1 Å². The zero-order chi connectivity index (χ0) is 19.4. The van der Waals surface area contributed by atoms with Crippen LogP contribution >= 0.6 is 0 Å². The Bertz CT molecular complexity index is 789. The molecule has 0 saturated carbocycles. The lowest BCUT2D eigenvalue weighted by Gasteiger charge is -2.21. The van der Waals surface area contributed by atoms with Crippen molar-refractivity contribution in [1.29, 1.82) is 0 Å². The average Bonchev–Trinajstić information content (AvgIpc) is 3.30. The number of hydrogen-bond donors (Lipinski definition) is 2. The Kier molecular flexibility index (Phi) is 6.01. The zero-order valence-corrected chi connectivity index (χ0v) is 16.4. The minimum atomic E-state index is -0.0814. The lowest BCUT2D eigenvalue weighted by Crippen LogP contribution is -2.40. The maximum atomic E-state index is 12.8. The predicted molar refractivity (Wildman–Crippen MR) is 103 cm³/mol. The summed E-state index contributed by atoms with van der Waals surface area (Å²) in [6.07, 6.45) is 4.57. The molecule has 0 bridgehead atoms. The smallest absolute Gasteiger partial charge is 0.225 e. The normalized spacial score (nSPS) is 20.3. The lowest BCUT2D eigenvalue weighted by molar-refractivity contribution is -0.125. The third-order valence-electron chi connectivity index (χ3n) is 5.08. The van der Waals surface area contributed by atoms with E-state index in [1.54, 1.807) is 18.9 Å². The minimum Gasteiger partial charge on any atom is -0.493 e. The fraction of sp³-hybridized carbons (Fsp3) is 0.500. The van der Waals surface area contributed by atoms with Gasteiger partial charge < -0.3 is 20.1 Å². The Morgan fingerprint density at radius 1 is 1.33 bits per heavy atom. The second-order valence-corrected chi connectivity index (χ2v) is 7.12. The van der Waals surface area contributed by atoms with Gasteiger partial charge in [0.25, 0.3) is 0 Å². The lowest BCUT2D eigenvalue weighted by atomic mass is 9.90. The number of nitrogens with one attached hydrogen (secondary N) is 2. The van der Waals surface area contributed by atoms with Gasteiger partial charge in [0.1, 0.15) is 0 Å². The maximum Gasteiger partial charge on any atom is 0.225 e. The van der Waals surface area contributed by atoms with Crippen molar-refractivity contribution in [1.82, 2.24) is 20.4 Å². The quantitative estimate of drug-likeness (QED) is 0.770. The molecular formula is C20H28N4O3. The molecule has 1 aromatic heterocycles. The maximum absolute atomic E-state index is 12.8. The van der Waals surface area contributed by atoms with Crippen LogP contribution in [0.1, 0.15) is 24.0 Å². The molecule has 1 fully saturated rings. The van der Waals surface area contributed by atoms with Crippen LogP contribution in [0.5, 0.6) is 11.5 Å². The summed E-state index contributed by atoms with van der Waals surface area (Å²) in [5.41, 5.74) is 2.20. The fourth-order valence-corrected chi connectivity index (χ4v) is 3.70. The van der Waals surface area contributed by atoms with Gasteiger partial charge in [0.05, 0.1) is 26.3 Å². The Balaban J connectivity index is 1.62. The fourth-order valence-electron chi connectivity index (χ4n) is 3.70. The van der Waals surface area contributed by atoms with E-state index in [2.05, 4.69) is 15.7 Å². The average molecular weight is 372 g/mol. The van der Waals surface area contributed by atoms with Crippen molar-refractivity contribution >= 4 is 5.91 Å². The van der Waals surface area contributed by atoms with Crippen LogP contribution in [0, 0.1) is 5.92 Å². The molecule has 0 radical (unpaired) electrons. The van der Waals surface area contributed by atoms with Crippen molar-refractivity contribution in [2.75, 3.05) is 27.3 Å². The van der Waals surface area contributed by atoms with Crippen LogP contribution in [-0.2, 0) is 18.3 Å².